The molecule has 0 nitrogen and oxygen atoms in total. The Morgan fingerprint density at radius 1 is 0.684 bits per heavy atom. The molecule has 4 saturated carbocycles. The molecule has 0 heteroatoms. The van der Waals surface area contributed by atoms with Crippen LogP contribution in [0.1, 0.15) is 180 Å². The van der Waals surface area contributed by atoms with Crippen LogP contribution in [-0.2, 0) is 0 Å². The fraction of sp³-hybridized carbons (Fsp3) is 1.00. The first-order valence-corrected chi connectivity index (χ1v) is 18.1. The minimum Gasteiger partial charge on any atom is -0.0683 e. The fourth-order valence-corrected chi connectivity index (χ4v) is 10.2. The van der Waals surface area contributed by atoms with Gasteiger partial charge in [-0.25, -0.2) is 0 Å². The number of rotatable bonds is 7. The van der Waals surface area contributed by atoms with Crippen molar-refractivity contribution in [3.63, 3.8) is 0 Å². The van der Waals surface area contributed by atoms with Gasteiger partial charge in [-0.1, -0.05) is 135 Å². The van der Waals surface area contributed by atoms with E-state index >= 15 is 0 Å². The van der Waals surface area contributed by atoms with E-state index in [0.29, 0.717) is 10.8 Å². The van der Waals surface area contributed by atoms with Gasteiger partial charge in [-0.15, -0.1) is 0 Å². The van der Waals surface area contributed by atoms with Gasteiger partial charge in [0.2, 0.25) is 0 Å². The van der Waals surface area contributed by atoms with Crippen molar-refractivity contribution in [2.45, 2.75) is 180 Å². The SMILES string of the molecule is CC.CC.CCC(C)CCC(C)C1CCC2C3CC(C)C4CC(C)CCC4(C)C3CCC12C.CCCCC. The van der Waals surface area contributed by atoms with Crippen LogP contribution < -0.4 is 0 Å². The summed E-state index contributed by atoms with van der Waals surface area (Å²) in [5, 5.41) is 0. The van der Waals surface area contributed by atoms with Gasteiger partial charge in [-0.2, -0.15) is 0 Å². The monoisotopic (exact) mass is 533 g/mol. The van der Waals surface area contributed by atoms with E-state index in [9.17, 15) is 0 Å². The smallest absolute Gasteiger partial charge is 0.0264 e. The molecule has 11 unspecified atom stereocenters. The lowest BCUT2D eigenvalue weighted by Gasteiger charge is -2.63. The van der Waals surface area contributed by atoms with E-state index in [1.807, 2.05) is 27.7 Å². The highest BCUT2D eigenvalue weighted by atomic mass is 14.7. The van der Waals surface area contributed by atoms with Gasteiger partial charge >= 0.3 is 0 Å². The molecule has 0 saturated heterocycles. The molecule has 4 aliphatic rings. The lowest BCUT2D eigenvalue weighted by atomic mass is 9.42. The molecular weight excluding hydrogens is 456 g/mol. The Balaban J connectivity index is 0.000000709. The lowest BCUT2D eigenvalue weighted by molar-refractivity contribution is -0.140. The number of fused-ring (bicyclic) bond motifs is 5. The first kappa shape index (κ1) is 36.0. The van der Waals surface area contributed by atoms with Crippen molar-refractivity contribution in [2.75, 3.05) is 0 Å². The lowest BCUT2D eigenvalue weighted by Crippen LogP contribution is -2.55. The molecule has 0 aromatic carbocycles. The molecule has 0 amide bonds. The van der Waals surface area contributed by atoms with Gasteiger partial charge in [-0.3, -0.25) is 0 Å². The third-order valence-corrected chi connectivity index (χ3v) is 12.6. The highest BCUT2D eigenvalue weighted by Crippen LogP contribution is 2.69. The van der Waals surface area contributed by atoms with Gasteiger partial charge in [-0.05, 0) is 109 Å². The maximum absolute atomic E-state index is 2.76. The van der Waals surface area contributed by atoms with Gasteiger partial charge in [0.05, 0.1) is 0 Å². The van der Waals surface area contributed by atoms with Gasteiger partial charge in [0.1, 0.15) is 0 Å². The van der Waals surface area contributed by atoms with Crippen molar-refractivity contribution in [2.24, 2.45) is 64.1 Å². The van der Waals surface area contributed by atoms with Crippen LogP contribution in [0, 0.1) is 64.1 Å². The second-order valence-corrected chi connectivity index (χ2v) is 14.7. The molecule has 4 fully saturated rings. The van der Waals surface area contributed by atoms with Crippen LogP contribution >= 0.6 is 0 Å². The first-order chi connectivity index (χ1) is 18.1. The number of hydrogen-bond donors (Lipinski definition) is 0. The normalized spacial score (nSPS) is 40.8. The maximum Gasteiger partial charge on any atom is -0.0264 e. The molecular formula is C38H76. The Morgan fingerprint density at radius 2 is 1.26 bits per heavy atom. The third kappa shape index (κ3) is 8.05. The Morgan fingerprint density at radius 3 is 1.82 bits per heavy atom. The summed E-state index contributed by atoms with van der Waals surface area (Å²) in [6.45, 7) is 30.6. The van der Waals surface area contributed by atoms with Crippen LogP contribution in [0.5, 0.6) is 0 Å². The average Bonchev–Trinajstić information content (AvgIpc) is 3.29. The summed E-state index contributed by atoms with van der Waals surface area (Å²) in [6, 6.07) is 0. The van der Waals surface area contributed by atoms with Crippen molar-refractivity contribution < 1.29 is 0 Å². The average molecular weight is 533 g/mol. The second-order valence-electron chi connectivity index (χ2n) is 14.7. The van der Waals surface area contributed by atoms with Crippen LogP contribution in [0.3, 0.4) is 0 Å². The number of hydrogen-bond acceptors (Lipinski definition) is 0. The van der Waals surface area contributed by atoms with E-state index in [1.54, 1.807) is 25.7 Å². The second kappa shape index (κ2) is 17.1. The van der Waals surface area contributed by atoms with E-state index in [0.717, 1.165) is 53.3 Å². The summed E-state index contributed by atoms with van der Waals surface area (Å²) in [5.74, 6) is 8.95. The zero-order valence-electron chi connectivity index (χ0n) is 29.1. The van der Waals surface area contributed by atoms with Crippen LogP contribution in [0.25, 0.3) is 0 Å². The summed E-state index contributed by atoms with van der Waals surface area (Å²) in [7, 11) is 0. The molecule has 0 radical (unpaired) electrons. The molecule has 228 valence electrons. The van der Waals surface area contributed by atoms with Crippen molar-refractivity contribution >= 4 is 0 Å². The van der Waals surface area contributed by atoms with Gasteiger partial charge in [0, 0.05) is 0 Å². The van der Waals surface area contributed by atoms with Gasteiger partial charge in [0.15, 0.2) is 0 Å². The molecule has 4 aliphatic carbocycles. The minimum absolute atomic E-state index is 0.654. The van der Waals surface area contributed by atoms with Crippen molar-refractivity contribution in [1.29, 1.82) is 0 Å². The van der Waals surface area contributed by atoms with Gasteiger partial charge in [0.25, 0.3) is 0 Å². The minimum atomic E-state index is 0.654. The number of unbranched alkanes of at least 4 members (excludes halogenated alkanes) is 2. The molecule has 0 spiro atoms. The zero-order chi connectivity index (χ0) is 29.1. The van der Waals surface area contributed by atoms with E-state index in [4.69, 9.17) is 0 Å². The van der Waals surface area contributed by atoms with E-state index in [2.05, 4.69) is 62.3 Å². The molecule has 0 bridgehead atoms. The van der Waals surface area contributed by atoms with Crippen molar-refractivity contribution in [3.8, 4) is 0 Å². The predicted molar refractivity (Wildman–Crippen MR) is 175 cm³/mol. The Kier molecular flexibility index (Phi) is 16.2. The van der Waals surface area contributed by atoms with Gasteiger partial charge < -0.3 is 0 Å². The summed E-state index contributed by atoms with van der Waals surface area (Å²) >= 11 is 0. The van der Waals surface area contributed by atoms with Crippen molar-refractivity contribution in [1.82, 2.24) is 0 Å². The molecule has 11 atom stereocenters. The van der Waals surface area contributed by atoms with Crippen LogP contribution in [0.2, 0.25) is 0 Å². The largest absolute Gasteiger partial charge is 0.0683 e. The fourth-order valence-electron chi connectivity index (χ4n) is 10.2. The summed E-state index contributed by atoms with van der Waals surface area (Å²) in [4.78, 5) is 0. The molecule has 0 aromatic heterocycles. The molecule has 4 rings (SSSR count). The highest BCUT2D eigenvalue weighted by molar-refractivity contribution is 5.10. The zero-order valence-corrected chi connectivity index (χ0v) is 29.1. The van der Waals surface area contributed by atoms with Crippen molar-refractivity contribution in [3.05, 3.63) is 0 Å². The van der Waals surface area contributed by atoms with E-state index in [1.165, 1.54) is 64.2 Å². The standard InChI is InChI=1S/C29H52.C5H12.2C2H6/c1-8-19(2)9-10-21(4)24-11-12-25-23-18-22(5)27-17-20(3)13-15-29(27,7)26(23)14-16-28(24,25)6;1-3-5-4-2;2*1-2/h19-27H,8-18H2,1-7H3;3-5H2,1-2H3;2*1-2H3. The van der Waals surface area contributed by atoms with Crippen LogP contribution in [0.15, 0.2) is 0 Å². The Hall–Kier alpha value is 0. The topological polar surface area (TPSA) is 0 Å². The summed E-state index contributed by atoms with van der Waals surface area (Å²) in [6.07, 6.45) is 20.7. The van der Waals surface area contributed by atoms with Crippen LogP contribution in [-0.4, -0.2) is 0 Å². The molecule has 0 N–H and O–H groups in total. The third-order valence-electron chi connectivity index (χ3n) is 12.6. The predicted octanol–water partition coefficient (Wildman–Crippen LogP) is 13.2. The van der Waals surface area contributed by atoms with E-state index < -0.39 is 0 Å². The quantitative estimate of drug-likeness (QED) is 0.306. The van der Waals surface area contributed by atoms with Crippen LogP contribution in [0.4, 0.5) is 0 Å². The maximum atomic E-state index is 2.76. The van der Waals surface area contributed by atoms with E-state index in [-0.39, 0.29) is 0 Å². The molecule has 0 heterocycles. The Labute approximate surface area is 243 Å². The highest BCUT2D eigenvalue weighted by Gasteiger charge is 2.61. The molecule has 0 aromatic rings. The Bertz CT molecular complexity index is 605. The summed E-state index contributed by atoms with van der Waals surface area (Å²) in [5.41, 5.74) is 1.32. The molecule has 38 heavy (non-hydrogen) atoms. The first-order valence-electron chi connectivity index (χ1n) is 18.1. The summed E-state index contributed by atoms with van der Waals surface area (Å²) < 4.78 is 0. The molecule has 0 aliphatic heterocycles.